The van der Waals surface area contributed by atoms with Crippen LogP contribution in [0.4, 0.5) is 0 Å². The van der Waals surface area contributed by atoms with E-state index in [-0.39, 0.29) is 16.5 Å². The molecule has 0 atom stereocenters. The molecule has 4 rings (SSSR count). The summed E-state index contributed by atoms with van der Waals surface area (Å²) in [5, 5.41) is 9.18. The number of benzene rings is 3. The van der Waals surface area contributed by atoms with Gasteiger partial charge >= 0.3 is 10.1 Å². The number of nitrogens with zero attached hydrogens (tertiary/aromatic N) is 2. The van der Waals surface area contributed by atoms with Crippen LogP contribution < -0.4 is 4.18 Å². The molecule has 0 N–H and O–H groups in total. The molecule has 4 aromatic rings. The van der Waals surface area contributed by atoms with E-state index < -0.39 is 10.1 Å². The highest BCUT2D eigenvalue weighted by molar-refractivity contribution is 7.87. The monoisotopic (exact) mass is 352 g/mol. The minimum atomic E-state index is -3.96. The lowest BCUT2D eigenvalue weighted by molar-refractivity contribution is 0.486. The Bertz CT molecular complexity index is 1140. The molecule has 0 amide bonds. The van der Waals surface area contributed by atoms with Crippen molar-refractivity contribution in [2.75, 3.05) is 0 Å². The van der Waals surface area contributed by atoms with Crippen molar-refractivity contribution in [1.29, 1.82) is 0 Å². The Morgan fingerprint density at radius 3 is 2.52 bits per heavy atom. The molecule has 1 heterocycles. The molecule has 0 saturated carbocycles. The van der Waals surface area contributed by atoms with Crippen molar-refractivity contribution >= 4 is 20.9 Å². The molecule has 25 heavy (non-hydrogen) atoms. The summed E-state index contributed by atoms with van der Waals surface area (Å²) in [5.41, 5.74) is 0.573. The van der Waals surface area contributed by atoms with Gasteiger partial charge in [0.15, 0.2) is 0 Å². The number of hydrogen-bond donors (Lipinski definition) is 0. The maximum atomic E-state index is 12.6. The molecule has 0 radical (unpaired) electrons. The Morgan fingerprint density at radius 2 is 1.72 bits per heavy atom. The molecule has 0 saturated heterocycles. The van der Waals surface area contributed by atoms with Crippen molar-refractivity contribution in [2.24, 2.45) is 0 Å². The van der Waals surface area contributed by atoms with Crippen LogP contribution in [0.2, 0.25) is 0 Å². The van der Waals surface area contributed by atoms with Crippen molar-refractivity contribution in [2.45, 2.75) is 4.90 Å². The quantitative estimate of drug-likeness (QED) is 0.521. The van der Waals surface area contributed by atoms with E-state index in [4.69, 9.17) is 8.60 Å². The molecule has 7 heteroatoms. The lowest BCUT2D eigenvalue weighted by Gasteiger charge is -2.08. The summed E-state index contributed by atoms with van der Waals surface area (Å²) in [5.74, 6) is 0.456. The second-order valence-electron chi connectivity index (χ2n) is 5.32. The highest BCUT2D eigenvalue weighted by atomic mass is 32.2. The van der Waals surface area contributed by atoms with Crippen LogP contribution in [0.15, 0.2) is 82.4 Å². The Labute approximate surface area is 143 Å². The van der Waals surface area contributed by atoms with Crippen LogP contribution >= 0.6 is 0 Å². The molecule has 0 bridgehead atoms. The molecular formula is C18H12N2O4S. The van der Waals surface area contributed by atoms with E-state index >= 15 is 0 Å². The minimum Gasteiger partial charge on any atom is -0.423 e. The van der Waals surface area contributed by atoms with E-state index in [2.05, 4.69) is 10.2 Å². The largest absolute Gasteiger partial charge is 0.423 e. The lowest BCUT2D eigenvalue weighted by atomic mass is 10.1. The number of hydrogen-bond acceptors (Lipinski definition) is 6. The Balaban J connectivity index is 1.68. The molecular weight excluding hydrogens is 340 g/mol. The molecule has 0 aliphatic rings. The van der Waals surface area contributed by atoms with E-state index in [0.717, 1.165) is 10.8 Å². The van der Waals surface area contributed by atoms with Gasteiger partial charge in [-0.05, 0) is 41.1 Å². The van der Waals surface area contributed by atoms with Crippen molar-refractivity contribution in [3.63, 3.8) is 0 Å². The summed E-state index contributed by atoms with van der Waals surface area (Å²) in [6.07, 6.45) is 1.20. The highest BCUT2D eigenvalue weighted by Crippen LogP contribution is 2.26. The molecule has 1 aromatic heterocycles. The van der Waals surface area contributed by atoms with Gasteiger partial charge in [0, 0.05) is 5.56 Å². The SMILES string of the molecule is O=S(=O)(Oc1cccc(-c2nnco2)c1)c1ccc2ccccc2c1. The van der Waals surface area contributed by atoms with Gasteiger partial charge < -0.3 is 8.60 Å². The van der Waals surface area contributed by atoms with Crippen molar-refractivity contribution in [1.82, 2.24) is 10.2 Å². The van der Waals surface area contributed by atoms with Gasteiger partial charge in [-0.2, -0.15) is 8.42 Å². The van der Waals surface area contributed by atoms with Gasteiger partial charge in [-0.15, -0.1) is 10.2 Å². The summed E-state index contributed by atoms with van der Waals surface area (Å²) in [4.78, 5) is 0.0920. The summed E-state index contributed by atoms with van der Waals surface area (Å²) in [6, 6.07) is 18.9. The normalized spacial score (nSPS) is 11.5. The summed E-state index contributed by atoms with van der Waals surface area (Å²) in [7, 11) is -3.96. The number of rotatable bonds is 4. The van der Waals surface area contributed by atoms with Gasteiger partial charge in [-0.25, -0.2) is 0 Å². The van der Waals surface area contributed by atoms with Crippen LogP contribution in [0.25, 0.3) is 22.2 Å². The van der Waals surface area contributed by atoms with Crippen molar-refractivity contribution < 1.29 is 17.0 Å². The summed E-state index contributed by atoms with van der Waals surface area (Å²) in [6.45, 7) is 0. The fourth-order valence-corrected chi connectivity index (χ4v) is 3.44. The van der Waals surface area contributed by atoms with E-state index in [1.165, 1.54) is 18.5 Å². The molecule has 0 unspecified atom stereocenters. The van der Waals surface area contributed by atoms with E-state index in [9.17, 15) is 8.42 Å². The Kier molecular flexibility index (Phi) is 3.70. The van der Waals surface area contributed by atoms with Gasteiger partial charge in [0.25, 0.3) is 0 Å². The third-order valence-electron chi connectivity index (χ3n) is 3.66. The molecule has 0 spiro atoms. The first-order valence-corrected chi connectivity index (χ1v) is 8.82. The van der Waals surface area contributed by atoms with Crippen molar-refractivity contribution in [3.8, 4) is 17.2 Å². The summed E-state index contributed by atoms with van der Waals surface area (Å²) >= 11 is 0. The van der Waals surface area contributed by atoms with Crippen LogP contribution in [0.3, 0.4) is 0 Å². The molecule has 6 nitrogen and oxygen atoms in total. The second kappa shape index (κ2) is 6.03. The Hall–Kier alpha value is -3.19. The second-order valence-corrected chi connectivity index (χ2v) is 6.86. The van der Waals surface area contributed by atoms with E-state index in [1.807, 2.05) is 24.3 Å². The van der Waals surface area contributed by atoms with Crippen LogP contribution in [0.5, 0.6) is 5.75 Å². The Morgan fingerprint density at radius 1 is 0.880 bits per heavy atom. The predicted octanol–water partition coefficient (Wildman–Crippen LogP) is 3.66. The first-order valence-electron chi connectivity index (χ1n) is 7.42. The van der Waals surface area contributed by atoms with Crippen molar-refractivity contribution in [3.05, 3.63) is 73.1 Å². The average Bonchev–Trinajstić information content (AvgIpc) is 3.16. The number of fused-ring (bicyclic) bond motifs is 1. The molecule has 3 aromatic carbocycles. The fraction of sp³-hybridized carbons (Fsp3) is 0. The predicted molar refractivity (Wildman–Crippen MR) is 91.5 cm³/mol. The fourth-order valence-electron chi connectivity index (χ4n) is 2.48. The van der Waals surface area contributed by atoms with Crippen LogP contribution in [0.1, 0.15) is 0 Å². The maximum absolute atomic E-state index is 12.6. The zero-order valence-corrected chi connectivity index (χ0v) is 13.7. The molecule has 0 fully saturated rings. The zero-order chi connectivity index (χ0) is 17.3. The molecule has 124 valence electrons. The minimum absolute atomic E-state index is 0.0920. The first-order chi connectivity index (χ1) is 12.1. The highest BCUT2D eigenvalue weighted by Gasteiger charge is 2.18. The number of aromatic nitrogens is 2. The van der Waals surface area contributed by atoms with Crippen LogP contribution in [-0.4, -0.2) is 18.6 Å². The van der Waals surface area contributed by atoms with Crippen LogP contribution in [-0.2, 0) is 10.1 Å². The van der Waals surface area contributed by atoms with Gasteiger partial charge in [0.1, 0.15) is 10.6 Å². The maximum Gasteiger partial charge on any atom is 0.339 e. The van der Waals surface area contributed by atoms with Gasteiger partial charge in [-0.3, -0.25) is 0 Å². The first kappa shape index (κ1) is 15.3. The van der Waals surface area contributed by atoms with E-state index in [1.54, 1.807) is 30.3 Å². The molecule has 0 aliphatic carbocycles. The van der Waals surface area contributed by atoms with E-state index in [0.29, 0.717) is 5.56 Å². The topological polar surface area (TPSA) is 82.3 Å². The van der Waals surface area contributed by atoms with Gasteiger partial charge in [-0.1, -0.05) is 36.4 Å². The molecule has 0 aliphatic heterocycles. The average molecular weight is 352 g/mol. The van der Waals surface area contributed by atoms with Gasteiger partial charge in [0.2, 0.25) is 12.3 Å². The zero-order valence-electron chi connectivity index (χ0n) is 12.9. The standard InChI is InChI=1S/C18H12N2O4S/c21-25(22,17-9-8-13-4-1-2-5-14(13)11-17)24-16-7-3-6-15(10-16)18-20-19-12-23-18/h1-12H. The summed E-state index contributed by atoms with van der Waals surface area (Å²) < 4.78 is 35.5. The van der Waals surface area contributed by atoms with Gasteiger partial charge in [0.05, 0.1) is 0 Å². The third kappa shape index (κ3) is 3.09. The van der Waals surface area contributed by atoms with Crippen LogP contribution in [0, 0.1) is 0 Å². The lowest BCUT2D eigenvalue weighted by Crippen LogP contribution is -2.09. The smallest absolute Gasteiger partial charge is 0.339 e. The third-order valence-corrected chi connectivity index (χ3v) is 4.90.